The number of benzene rings is 2. The van der Waals surface area contributed by atoms with Crippen molar-refractivity contribution >= 4 is 5.97 Å². The topological polar surface area (TPSA) is 35.5 Å². The van der Waals surface area contributed by atoms with E-state index in [0.29, 0.717) is 12.4 Å². The number of unbranched alkanes of at least 4 members (excludes halogenated alkanes) is 8. The van der Waals surface area contributed by atoms with Gasteiger partial charge in [0, 0.05) is 0 Å². The van der Waals surface area contributed by atoms with E-state index in [0.717, 1.165) is 43.9 Å². The highest BCUT2D eigenvalue weighted by molar-refractivity contribution is 5.91. The summed E-state index contributed by atoms with van der Waals surface area (Å²) in [5.41, 5.74) is 0.752. The Morgan fingerprint density at radius 3 is 1.95 bits per heavy atom. The maximum Gasteiger partial charge on any atom is 0.346 e. The fraction of sp³-hybridized carbons (Fsp3) is 0.639. The predicted octanol–water partition coefficient (Wildman–Crippen LogP) is 11.0. The van der Waals surface area contributed by atoms with Gasteiger partial charge in [0.25, 0.3) is 0 Å². The van der Waals surface area contributed by atoms with E-state index in [9.17, 15) is 13.6 Å². The van der Waals surface area contributed by atoms with E-state index in [1.165, 1.54) is 101 Å². The minimum absolute atomic E-state index is 0.174. The summed E-state index contributed by atoms with van der Waals surface area (Å²) in [4.78, 5) is 12.5. The SMILES string of the molecule is CCCCCCCCOc1ccc(C(=O)Oc2ccc(CCCC[C@H]3CC[C@H](CCCCC)CC3)cc2)c(F)c1F. The molecular weight excluding hydrogens is 518 g/mol. The third kappa shape index (κ3) is 11.8. The predicted molar refractivity (Wildman–Crippen MR) is 164 cm³/mol. The Balaban J connectivity index is 1.35. The van der Waals surface area contributed by atoms with Gasteiger partial charge in [-0.1, -0.05) is 122 Å². The van der Waals surface area contributed by atoms with E-state index in [1.807, 2.05) is 12.1 Å². The lowest BCUT2D eigenvalue weighted by atomic mass is 9.78. The number of hydrogen-bond donors (Lipinski definition) is 0. The molecule has 2 aromatic carbocycles. The first kappa shape index (κ1) is 33.1. The van der Waals surface area contributed by atoms with Crippen LogP contribution in [0.15, 0.2) is 36.4 Å². The van der Waals surface area contributed by atoms with Gasteiger partial charge in [0.15, 0.2) is 11.6 Å². The van der Waals surface area contributed by atoms with Crippen LogP contribution in [0.4, 0.5) is 8.78 Å². The molecule has 0 heterocycles. The van der Waals surface area contributed by atoms with Crippen LogP contribution < -0.4 is 9.47 Å². The molecule has 0 bridgehead atoms. The van der Waals surface area contributed by atoms with E-state index in [2.05, 4.69) is 13.8 Å². The van der Waals surface area contributed by atoms with E-state index in [1.54, 1.807) is 12.1 Å². The number of carbonyl (C=O) groups is 1. The number of halogens is 2. The summed E-state index contributed by atoms with van der Waals surface area (Å²) >= 11 is 0. The average molecular weight is 571 g/mol. The molecule has 0 N–H and O–H groups in total. The Bertz CT molecular complexity index is 1010. The van der Waals surface area contributed by atoms with Crippen molar-refractivity contribution in [1.82, 2.24) is 0 Å². The average Bonchev–Trinajstić information content (AvgIpc) is 2.98. The fourth-order valence-electron chi connectivity index (χ4n) is 6.01. The van der Waals surface area contributed by atoms with Gasteiger partial charge in [-0.25, -0.2) is 9.18 Å². The number of ether oxygens (including phenoxy) is 2. The summed E-state index contributed by atoms with van der Waals surface area (Å²) < 4.78 is 39.9. The van der Waals surface area contributed by atoms with E-state index in [4.69, 9.17) is 9.47 Å². The monoisotopic (exact) mass is 570 g/mol. The highest BCUT2D eigenvalue weighted by Gasteiger charge is 2.22. The smallest absolute Gasteiger partial charge is 0.346 e. The highest BCUT2D eigenvalue weighted by atomic mass is 19.2. The van der Waals surface area contributed by atoms with E-state index < -0.39 is 23.2 Å². The van der Waals surface area contributed by atoms with Crippen molar-refractivity contribution in [2.45, 2.75) is 129 Å². The number of hydrogen-bond acceptors (Lipinski definition) is 3. The number of esters is 1. The minimum Gasteiger partial charge on any atom is -0.490 e. The summed E-state index contributed by atoms with van der Waals surface area (Å²) in [5.74, 6) is -1.31. The lowest BCUT2D eigenvalue weighted by Crippen LogP contribution is -2.14. The fourth-order valence-corrected chi connectivity index (χ4v) is 6.01. The van der Waals surface area contributed by atoms with Gasteiger partial charge in [0.2, 0.25) is 5.82 Å². The summed E-state index contributed by atoms with van der Waals surface area (Å²) in [7, 11) is 0. The van der Waals surface area contributed by atoms with Gasteiger partial charge < -0.3 is 9.47 Å². The maximum absolute atomic E-state index is 14.6. The largest absolute Gasteiger partial charge is 0.490 e. The summed E-state index contributed by atoms with van der Waals surface area (Å²) in [6.07, 6.45) is 22.3. The minimum atomic E-state index is -1.24. The summed E-state index contributed by atoms with van der Waals surface area (Å²) in [6.45, 7) is 4.76. The van der Waals surface area contributed by atoms with Crippen molar-refractivity contribution in [1.29, 1.82) is 0 Å². The molecule has 0 unspecified atom stereocenters. The van der Waals surface area contributed by atoms with Crippen LogP contribution in [0.1, 0.15) is 139 Å². The van der Waals surface area contributed by atoms with Gasteiger partial charge in [0.1, 0.15) is 5.75 Å². The van der Waals surface area contributed by atoms with Crippen molar-refractivity contribution < 1.29 is 23.0 Å². The zero-order valence-electron chi connectivity index (χ0n) is 25.5. The van der Waals surface area contributed by atoms with Crippen LogP contribution in [0, 0.1) is 23.5 Å². The van der Waals surface area contributed by atoms with Crippen LogP contribution in [-0.4, -0.2) is 12.6 Å². The third-order valence-electron chi connectivity index (χ3n) is 8.67. The zero-order valence-corrected chi connectivity index (χ0v) is 25.5. The van der Waals surface area contributed by atoms with Gasteiger partial charge in [-0.15, -0.1) is 0 Å². The summed E-state index contributed by atoms with van der Waals surface area (Å²) in [5, 5.41) is 0. The number of rotatable bonds is 19. The number of aryl methyl sites for hydroxylation is 1. The number of carbonyl (C=O) groups excluding carboxylic acids is 1. The lowest BCUT2D eigenvalue weighted by Gasteiger charge is -2.28. The van der Waals surface area contributed by atoms with Crippen molar-refractivity contribution in [2.75, 3.05) is 6.61 Å². The van der Waals surface area contributed by atoms with Crippen LogP contribution in [0.5, 0.6) is 11.5 Å². The quantitative estimate of drug-likeness (QED) is 0.0957. The Morgan fingerprint density at radius 1 is 0.707 bits per heavy atom. The Labute approximate surface area is 247 Å². The Kier molecular flexibility index (Phi) is 15.2. The van der Waals surface area contributed by atoms with E-state index >= 15 is 0 Å². The molecule has 1 saturated carbocycles. The van der Waals surface area contributed by atoms with Crippen molar-refractivity contribution in [3.63, 3.8) is 0 Å². The van der Waals surface area contributed by atoms with Crippen LogP contribution in [0.25, 0.3) is 0 Å². The van der Waals surface area contributed by atoms with Gasteiger partial charge >= 0.3 is 5.97 Å². The maximum atomic E-state index is 14.6. The standard InChI is InChI=1S/C36H52F2O3/c1-3-5-7-8-9-13-27-40-33-26-25-32(34(37)35(33)38)36(39)41-31-23-21-30(22-24-31)16-12-11-15-29-19-17-28(18-20-29)14-10-6-4-2/h21-26,28-29H,3-20,27H2,1-2H3/t28-,29-. The Hall–Kier alpha value is -2.43. The van der Waals surface area contributed by atoms with Gasteiger partial charge in [-0.2, -0.15) is 4.39 Å². The van der Waals surface area contributed by atoms with Crippen molar-refractivity contribution in [3.8, 4) is 11.5 Å². The second-order valence-electron chi connectivity index (χ2n) is 12.0. The first-order valence-corrected chi connectivity index (χ1v) is 16.4. The highest BCUT2D eigenvalue weighted by Crippen LogP contribution is 2.34. The van der Waals surface area contributed by atoms with Crippen molar-refractivity contribution in [3.05, 3.63) is 59.2 Å². The van der Waals surface area contributed by atoms with Gasteiger partial charge in [-0.05, 0) is 60.9 Å². The van der Waals surface area contributed by atoms with Crippen LogP contribution in [-0.2, 0) is 6.42 Å². The van der Waals surface area contributed by atoms with Crippen LogP contribution in [0.3, 0.4) is 0 Å². The normalized spacial score (nSPS) is 17.0. The molecular formula is C36H52F2O3. The van der Waals surface area contributed by atoms with Crippen LogP contribution >= 0.6 is 0 Å². The molecule has 2 aromatic rings. The molecule has 0 amide bonds. The molecule has 1 aliphatic rings. The molecule has 0 spiro atoms. The zero-order chi connectivity index (χ0) is 29.3. The molecule has 228 valence electrons. The molecule has 3 rings (SSSR count). The van der Waals surface area contributed by atoms with E-state index in [-0.39, 0.29) is 5.75 Å². The van der Waals surface area contributed by atoms with Crippen molar-refractivity contribution in [2.24, 2.45) is 11.8 Å². The molecule has 0 saturated heterocycles. The molecule has 1 aliphatic carbocycles. The molecule has 0 aromatic heterocycles. The molecule has 3 nitrogen and oxygen atoms in total. The molecule has 0 radical (unpaired) electrons. The first-order chi connectivity index (χ1) is 20.0. The molecule has 0 atom stereocenters. The first-order valence-electron chi connectivity index (χ1n) is 16.4. The Morgan fingerprint density at radius 2 is 1.29 bits per heavy atom. The summed E-state index contributed by atoms with van der Waals surface area (Å²) in [6, 6.07) is 9.86. The second-order valence-corrected chi connectivity index (χ2v) is 12.0. The van der Waals surface area contributed by atoms with Gasteiger partial charge in [-0.3, -0.25) is 0 Å². The molecule has 0 aliphatic heterocycles. The third-order valence-corrected chi connectivity index (χ3v) is 8.67. The molecule has 1 fully saturated rings. The molecule has 41 heavy (non-hydrogen) atoms. The second kappa shape index (κ2) is 18.9. The lowest BCUT2D eigenvalue weighted by molar-refractivity contribution is 0.0728. The molecule has 5 heteroatoms. The van der Waals surface area contributed by atoms with Gasteiger partial charge in [0.05, 0.1) is 12.2 Å². The van der Waals surface area contributed by atoms with Crippen LogP contribution in [0.2, 0.25) is 0 Å².